The van der Waals surface area contributed by atoms with E-state index in [1.54, 1.807) is 0 Å². The molecule has 3 aromatic carbocycles. The van der Waals surface area contributed by atoms with Crippen molar-refractivity contribution in [2.24, 2.45) is 0 Å². The van der Waals surface area contributed by atoms with Gasteiger partial charge in [0.25, 0.3) is 0 Å². The number of carbonyl (C=O) groups is 3. The number of unbranched alkanes of at least 4 members (excludes halogenated alkanes) is 3. The number of hydrogen-bond acceptors (Lipinski definition) is 18. The first-order valence-electron chi connectivity index (χ1n) is 40.1. The van der Waals surface area contributed by atoms with E-state index in [1.165, 1.54) is 36.0 Å². The van der Waals surface area contributed by atoms with Crippen molar-refractivity contribution in [3.63, 3.8) is 0 Å². The maximum atomic E-state index is 12.4. The number of nitrogens with zero attached hydrogens (tertiary/aromatic N) is 6. The lowest BCUT2D eigenvalue weighted by Gasteiger charge is -2.30. The predicted octanol–water partition coefficient (Wildman–Crippen LogP) is 13.6. The van der Waals surface area contributed by atoms with Crippen LogP contribution in [-0.2, 0) is 81.3 Å². The molecule has 4 unspecified atom stereocenters. The number of pyridine rings is 3. The highest BCUT2D eigenvalue weighted by atomic mass is 16.5. The Hall–Kier alpha value is -7.44. The molecule has 106 heavy (non-hydrogen) atoms. The van der Waals surface area contributed by atoms with Crippen LogP contribution in [0.2, 0.25) is 0 Å². The number of aromatic nitrogens is 3. The van der Waals surface area contributed by atoms with Gasteiger partial charge in [-0.3, -0.25) is 29.1 Å². The summed E-state index contributed by atoms with van der Waals surface area (Å²) in [6.07, 6.45) is 24.7. The smallest absolute Gasteiger partial charge is 0.325 e. The third-order valence-corrected chi connectivity index (χ3v) is 22.7. The Bertz CT molecular complexity index is 3650. The van der Waals surface area contributed by atoms with Crippen molar-refractivity contribution in [3.05, 3.63) is 176 Å². The average molecular weight is 1450 g/mol. The number of anilines is 3. The maximum Gasteiger partial charge on any atom is 0.325 e. The van der Waals surface area contributed by atoms with Gasteiger partial charge < -0.3 is 59.7 Å². The van der Waals surface area contributed by atoms with Gasteiger partial charge in [-0.1, -0.05) is 91.0 Å². The standard InChI is InChI=1S/C29H39N3O4.2C28H37N3O4/c33-29(34)27(26-11-2-1-10-25(26)22-8-6-17-35-20-22)32-16-14-24(19-32)36-18-4-3-9-23-13-12-21-7-5-15-30-28(21)31-23;2*32-28(33)26(24-10-2-1-9-23(24)25-11-6-18-35-25)31-16-14-22(19-31)34-17-4-3-8-21-13-12-20-7-5-15-29-27(20)30-21/h1-2,10-13,22,24,27H,3-9,14-20H2,(H,30,31)(H,33,34);2*1-2,9-10,12-13,22,25-26H,3-8,11,14-19H2,(H,29,30)(H,32,33)/t22?,24-,27?;22-,25?,26+;22-,25?,26-/m111/s1. The molecule has 0 saturated carbocycles. The number of carboxylic acids is 3. The van der Waals surface area contributed by atoms with Gasteiger partial charge in [0.1, 0.15) is 35.6 Å². The van der Waals surface area contributed by atoms with Gasteiger partial charge in [-0.2, -0.15) is 0 Å². The van der Waals surface area contributed by atoms with E-state index in [4.69, 9.17) is 43.4 Å². The van der Waals surface area contributed by atoms with Crippen LogP contribution in [0.5, 0.6) is 0 Å². The van der Waals surface area contributed by atoms with Gasteiger partial charge >= 0.3 is 17.9 Å². The van der Waals surface area contributed by atoms with E-state index in [1.807, 2.05) is 66.7 Å². The molecule has 0 spiro atoms. The van der Waals surface area contributed by atoms with Crippen LogP contribution < -0.4 is 16.0 Å². The molecule has 0 amide bonds. The van der Waals surface area contributed by atoms with Crippen molar-refractivity contribution < 1.29 is 58.1 Å². The Morgan fingerprint density at radius 3 is 1.13 bits per heavy atom. The van der Waals surface area contributed by atoms with Crippen molar-refractivity contribution >= 4 is 35.4 Å². The summed E-state index contributed by atoms with van der Waals surface area (Å²) in [5, 5.41) is 40.7. The average Bonchev–Trinajstić information content (AvgIpc) is 1.47. The number of nitrogens with one attached hydrogen (secondary N) is 3. The highest BCUT2D eigenvalue weighted by Gasteiger charge is 2.40. The number of benzene rings is 3. The lowest BCUT2D eigenvalue weighted by Crippen LogP contribution is -2.34. The van der Waals surface area contributed by atoms with Gasteiger partial charge in [0.2, 0.25) is 0 Å². The second-order valence-corrected chi connectivity index (χ2v) is 30.2. The van der Waals surface area contributed by atoms with E-state index in [9.17, 15) is 29.7 Å². The number of rotatable bonds is 30. The van der Waals surface area contributed by atoms with E-state index >= 15 is 0 Å². The summed E-state index contributed by atoms with van der Waals surface area (Å²) in [7, 11) is 0. The Kier molecular flexibility index (Phi) is 28.3. The number of ether oxygens (including phenoxy) is 6. The molecule has 0 aliphatic carbocycles. The summed E-state index contributed by atoms with van der Waals surface area (Å²) in [5.41, 5.74) is 13.2. The van der Waals surface area contributed by atoms with E-state index in [2.05, 4.69) is 73.1 Å². The van der Waals surface area contributed by atoms with E-state index in [-0.39, 0.29) is 36.4 Å². The van der Waals surface area contributed by atoms with Crippen LogP contribution in [0.15, 0.2) is 109 Å². The predicted molar refractivity (Wildman–Crippen MR) is 409 cm³/mol. The molecule has 0 radical (unpaired) electrons. The Labute approximate surface area is 626 Å². The first kappa shape index (κ1) is 76.7. The van der Waals surface area contributed by atoms with E-state index < -0.39 is 36.0 Å². The minimum absolute atomic E-state index is 0.00286. The summed E-state index contributed by atoms with van der Waals surface area (Å²) < 4.78 is 36.0. The number of hydrogen-bond donors (Lipinski definition) is 6. The summed E-state index contributed by atoms with van der Waals surface area (Å²) in [4.78, 5) is 57.7. The molecule has 9 aliphatic rings. The second-order valence-electron chi connectivity index (χ2n) is 30.2. The first-order chi connectivity index (χ1) is 52.1. The quantitative estimate of drug-likeness (QED) is 0.0229. The number of carboxylic acid groups (broad SMARTS) is 3. The highest BCUT2D eigenvalue weighted by Crippen LogP contribution is 2.40. The van der Waals surface area contributed by atoms with Crippen LogP contribution in [-0.4, -0.2) is 186 Å². The van der Waals surface area contributed by atoms with Gasteiger partial charge in [0.15, 0.2) is 0 Å². The number of aliphatic carboxylic acids is 3. The maximum absolute atomic E-state index is 12.4. The van der Waals surface area contributed by atoms with Gasteiger partial charge in [-0.15, -0.1) is 0 Å². The summed E-state index contributed by atoms with van der Waals surface area (Å²) in [5.74, 6) is 1.06. The molecule has 6 saturated heterocycles. The monoisotopic (exact) mass is 1450 g/mol. The van der Waals surface area contributed by atoms with E-state index in [0.717, 1.165) is 262 Å². The Balaban J connectivity index is 0.000000141. The topological polar surface area (TPSA) is 252 Å². The van der Waals surface area contributed by atoms with Crippen LogP contribution in [0.3, 0.4) is 0 Å². The van der Waals surface area contributed by atoms with Crippen LogP contribution in [0.1, 0.15) is 219 Å². The van der Waals surface area contributed by atoms with E-state index in [0.29, 0.717) is 46.1 Å². The molecule has 570 valence electrons. The van der Waals surface area contributed by atoms with Gasteiger partial charge in [0, 0.05) is 122 Å². The molecule has 15 rings (SSSR count). The zero-order valence-electron chi connectivity index (χ0n) is 62.1. The summed E-state index contributed by atoms with van der Waals surface area (Å²) >= 11 is 0. The van der Waals surface area contributed by atoms with Gasteiger partial charge in [-0.25, -0.2) is 15.0 Å². The zero-order chi connectivity index (χ0) is 72.8. The molecule has 0 bridgehead atoms. The van der Waals surface area contributed by atoms with Crippen molar-refractivity contribution in [3.8, 4) is 0 Å². The molecule has 9 atom stereocenters. The van der Waals surface area contributed by atoms with Crippen molar-refractivity contribution in [2.45, 2.75) is 209 Å². The van der Waals surface area contributed by atoms with Crippen LogP contribution in [0.4, 0.5) is 17.5 Å². The normalized spacial score (nSPS) is 23.1. The Morgan fingerprint density at radius 1 is 0.425 bits per heavy atom. The first-order valence-corrected chi connectivity index (χ1v) is 40.1. The highest BCUT2D eigenvalue weighted by molar-refractivity contribution is 5.78. The van der Waals surface area contributed by atoms with Crippen LogP contribution >= 0.6 is 0 Å². The SMILES string of the molecule is O=C(O)C(c1ccccc1C1CCCOC1)N1CC[C@@H](OCCCCc2ccc3c(n2)NCCC3)C1.O=C(O)[C@@H](c1ccccc1C1CCCO1)N1CC[C@@H](OCCCCc2ccc3c(n2)NCCC3)C1.O=C(O)[C@H](c1ccccc1C1CCCO1)N1CC[C@@H](OCCCCc2ccc3c(n2)NCCC3)C1. The molecule has 6 N–H and O–H groups in total. The number of fused-ring (bicyclic) bond motifs is 3. The second kappa shape index (κ2) is 39.1. The summed E-state index contributed by atoms with van der Waals surface area (Å²) in [6, 6.07) is 35.0. The van der Waals surface area contributed by atoms with Crippen LogP contribution in [0, 0.1) is 0 Å². The zero-order valence-corrected chi connectivity index (χ0v) is 62.1. The summed E-state index contributed by atoms with van der Waals surface area (Å²) in [6.45, 7) is 12.3. The molecule has 6 fully saturated rings. The minimum atomic E-state index is -0.803. The third-order valence-electron chi connectivity index (χ3n) is 22.7. The molecule has 21 nitrogen and oxygen atoms in total. The fourth-order valence-electron chi connectivity index (χ4n) is 17.2. The van der Waals surface area contributed by atoms with Crippen molar-refractivity contribution in [2.75, 3.05) is 121 Å². The minimum Gasteiger partial charge on any atom is -0.480 e. The van der Waals surface area contributed by atoms with Crippen LogP contribution in [0.25, 0.3) is 0 Å². The van der Waals surface area contributed by atoms with Crippen molar-refractivity contribution in [1.29, 1.82) is 0 Å². The molecule has 12 heterocycles. The number of likely N-dealkylation sites (tertiary alicyclic amines) is 3. The fourth-order valence-corrected chi connectivity index (χ4v) is 17.2. The lowest BCUT2D eigenvalue weighted by atomic mass is 9.87. The van der Waals surface area contributed by atoms with Gasteiger partial charge in [-0.05, 0) is 222 Å². The molecule has 3 aromatic heterocycles. The molecular weight excluding hydrogens is 1340 g/mol. The van der Waals surface area contributed by atoms with Crippen molar-refractivity contribution in [1.82, 2.24) is 29.7 Å². The molecule has 21 heteroatoms. The lowest BCUT2D eigenvalue weighted by molar-refractivity contribution is -0.144. The Morgan fingerprint density at radius 2 is 0.783 bits per heavy atom. The molecular formula is C85H113N9O12. The third kappa shape index (κ3) is 20.7. The fraction of sp³-hybridized carbons (Fsp3) is 0.576. The molecule has 6 aromatic rings. The molecule has 9 aliphatic heterocycles. The largest absolute Gasteiger partial charge is 0.480 e. The van der Waals surface area contributed by atoms with Gasteiger partial charge in [0.05, 0.1) is 37.1 Å². The number of aryl methyl sites for hydroxylation is 6.